The minimum Gasteiger partial charge on any atom is -0.346 e. The molecule has 3 aromatic rings. The standard InChI is InChI=1S/C14H17N5/c1-4-14(2,3)19-8-10(7-18-19)12-11-5-6-15-13(11)17-9-16-12/h5-9H,4H2,1-3H3,(H,15,16,17). The van der Waals surface area contributed by atoms with Crippen LogP contribution in [0, 0.1) is 0 Å². The van der Waals surface area contributed by atoms with Gasteiger partial charge in [0.05, 0.1) is 17.4 Å². The number of nitrogens with zero attached hydrogens (tertiary/aromatic N) is 4. The molecule has 3 aromatic heterocycles. The monoisotopic (exact) mass is 255 g/mol. The van der Waals surface area contributed by atoms with E-state index in [1.165, 1.54) is 0 Å². The molecule has 0 spiro atoms. The molecule has 0 aliphatic heterocycles. The number of aromatic nitrogens is 5. The van der Waals surface area contributed by atoms with E-state index in [1.807, 2.05) is 23.1 Å². The molecule has 1 N–H and O–H groups in total. The second kappa shape index (κ2) is 4.19. The van der Waals surface area contributed by atoms with E-state index >= 15 is 0 Å². The van der Waals surface area contributed by atoms with Gasteiger partial charge in [-0.15, -0.1) is 0 Å². The minimum absolute atomic E-state index is 0.0164. The fourth-order valence-corrected chi connectivity index (χ4v) is 2.04. The molecule has 5 heteroatoms. The summed E-state index contributed by atoms with van der Waals surface area (Å²) in [6, 6.07) is 1.99. The molecule has 0 amide bonds. The number of nitrogens with one attached hydrogen (secondary N) is 1. The molecule has 0 saturated carbocycles. The number of H-pyrrole nitrogens is 1. The van der Waals surface area contributed by atoms with Crippen molar-refractivity contribution in [2.75, 3.05) is 0 Å². The van der Waals surface area contributed by atoms with Crippen molar-refractivity contribution in [3.63, 3.8) is 0 Å². The summed E-state index contributed by atoms with van der Waals surface area (Å²) in [4.78, 5) is 11.7. The average molecular weight is 255 g/mol. The molecule has 0 saturated heterocycles. The number of hydrogen-bond acceptors (Lipinski definition) is 3. The third kappa shape index (κ3) is 1.91. The van der Waals surface area contributed by atoms with Gasteiger partial charge in [-0.2, -0.15) is 5.10 Å². The normalized spacial score (nSPS) is 12.2. The smallest absolute Gasteiger partial charge is 0.141 e. The first-order valence-electron chi connectivity index (χ1n) is 6.45. The van der Waals surface area contributed by atoms with Crippen LogP contribution in [0.1, 0.15) is 27.2 Å². The lowest BCUT2D eigenvalue weighted by atomic mass is 10.0. The summed E-state index contributed by atoms with van der Waals surface area (Å²) < 4.78 is 2.00. The van der Waals surface area contributed by atoms with E-state index in [-0.39, 0.29) is 5.54 Å². The van der Waals surface area contributed by atoms with Gasteiger partial charge in [-0.1, -0.05) is 6.92 Å². The number of fused-ring (bicyclic) bond motifs is 1. The van der Waals surface area contributed by atoms with E-state index in [1.54, 1.807) is 6.33 Å². The van der Waals surface area contributed by atoms with E-state index < -0.39 is 0 Å². The van der Waals surface area contributed by atoms with Gasteiger partial charge in [0.15, 0.2) is 0 Å². The Morgan fingerprint density at radius 1 is 1.32 bits per heavy atom. The van der Waals surface area contributed by atoms with Crippen LogP contribution in [0.15, 0.2) is 31.0 Å². The Bertz CT molecular complexity index is 707. The van der Waals surface area contributed by atoms with Crippen molar-refractivity contribution in [2.45, 2.75) is 32.7 Å². The van der Waals surface area contributed by atoms with Crippen LogP contribution in [0.5, 0.6) is 0 Å². The zero-order chi connectivity index (χ0) is 13.5. The number of rotatable bonds is 3. The highest BCUT2D eigenvalue weighted by Gasteiger charge is 2.19. The highest BCUT2D eigenvalue weighted by molar-refractivity contribution is 5.89. The van der Waals surface area contributed by atoms with E-state index in [2.05, 4.69) is 47.0 Å². The first-order valence-corrected chi connectivity index (χ1v) is 6.45. The molecule has 0 aliphatic rings. The summed E-state index contributed by atoms with van der Waals surface area (Å²) in [5.74, 6) is 0. The first-order chi connectivity index (χ1) is 9.12. The van der Waals surface area contributed by atoms with Crippen molar-refractivity contribution in [3.05, 3.63) is 31.0 Å². The van der Waals surface area contributed by atoms with Gasteiger partial charge in [0.1, 0.15) is 12.0 Å². The minimum atomic E-state index is 0.0164. The molecule has 5 nitrogen and oxygen atoms in total. The molecule has 19 heavy (non-hydrogen) atoms. The fourth-order valence-electron chi connectivity index (χ4n) is 2.04. The Kier molecular flexibility index (Phi) is 2.62. The molecule has 3 rings (SSSR count). The molecule has 0 aromatic carbocycles. The molecule has 0 fully saturated rings. The van der Waals surface area contributed by atoms with Crippen LogP contribution in [0.3, 0.4) is 0 Å². The Hall–Kier alpha value is -2.17. The highest BCUT2D eigenvalue weighted by Crippen LogP contribution is 2.26. The quantitative estimate of drug-likeness (QED) is 0.782. The third-order valence-corrected chi connectivity index (χ3v) is 3.70. The van der Waals surface area contributed by atoms with Crippen LogP contribution in [0.25, 0.3) is 22.3 Å². The molecule has 0 aliphatic carbocycles. The highest BCUT2D eigenvalue weighted by atomic mass is 15.3. The average Bonchev–Trinajstić information content (AvgIpc) is 3.07. The van der Waals surface area contributed by atoms with Crippen LogP contribution >= 0.6 is 0 Å². The lowest BCUT2D eigenvalue weighted by Gasteiger charge is -2.23. The van der Waals surface area contributed by atoms with Crippen molar-refractivity contribution in [3.8, 4) is 11.3 Å². The van der Waals surface area contributed by atoms with Crippen molar-refractivity contribution >= 4 is 11.0 Å². The Balaban J connectivity index is 2.10. The summed E-state index contributed by atoms with van der Waals surface area (Å²) in [6.45, 7) is 6.52. The van der Waals surface area contributed by atoms with Crippen molar-refractivity contribution < 1.29 is 0 Å². The largest absolute Gasteiger partial charge is 0.346 e. The lowest BCUT2D eigenvalue weighted by Crippen LogP contribution is -2.25. The van der Waals surface area contributed by atoms with E-state index in [4.69, 9.17) is 0 Å². The van der Waals surface area contributed by atoms with Crippen molar-refractivity contribution in [1.29, 1.82) is 0 Å². The van der Waals surface area contributed by atoms with Crippen LogP contribution in [0.2, 0.25) is 0 Å². The molecule has 98 valence electrons. The zero-order valence-corrected chi connectivity index (χ0v) is 11.4. The van der Waals surface area contributed by atoms with Gasteiger partial charge in [0, 0.05) is 23.3 Å². The van der Waals surface area contributed by atoms with E-state index in [0.717, 1.165) is 28.7 Å². The van der Waals surface area contributed by atoms with Crippen LogP contribution in [-0.2, 0) is 5.54 Å². The van der Waals surface area contributed by atoms with Gasteiger partial charge in [-0.3, -0.25) is 4.68 Å². The molecular formula is C14H17N5. The molecule has 0 bridgehead atoms. The molecule has 3 heterocycles. The maximum atomic E-state index is 4.47. The van der Waals surface area contributed by atoms with Gasteiger partial charge in [0.2, 0.25) is 0 Å². The topological polar surface area (TPSA) is 59.4 Å². The first kappa shape index (κ1) is 11.9. The van der Waals surface area contributed by atoms with Gasteiger partial charge >= 0.3 is 0 Å². The fraction of sp³-hybridized carbons (Fsp3) is 0.357. The Morgan fingerprint density at radius 2 is 2.16 bits per heavy atom. The molecule has 0 atom stereocenters. The summed E-state index contributed by atoms with van der Waals surface area (Å²) >= 11 is 0. The maximum absolute atomic E-state index is 4.47. The lowest BCUT2D eigenvalue weighted by molar-refractivity contribution is 0.308. The van der Waals surface area contributed by atoms with Crippen LogP contribution in [0.4, 0.5) is 0 Å². The van der Waals surface area contributed by atoms with Crippen LogP contribution in [-0.4, -0.2) is 24.7 Å². The summed E-state index contributed by atoms with van der Waals surface area (Å²) in [5.41, 5.74) is 2.81. The van der Waals surface area contributed by atoms with Gasteiger partial charge in [-0.05, 0) is 26.3 Å². The second-order valence-electron chi connectivity index (χ2n) is 5.30. The number of aromatic amines is 1. The molecule has 0 radical (unpaired) electrons. The predicted molar refractivity (Wildman–Crippen MR) is 74.7 cm³/mol. The third-order valence-electron chi connectivity index (χ3n) is 3.70. The summed E-state index contributed by atoms with van der Waals surface area (Å²) in [6.07, 6.45) is 8.40. The second-order valence-corrected chi connectivity index (χ2v) is 5.30. The zero-order valence-electron chi connectivity index (χ0n) is 11.4. The molecular weight excluding hydrogens is 238 g/mol. The van der Waals surface area contributed by atoms with Gasteiger partial charge in [-0.25, -0.2) is 9.97 Å². The van der Waals surface area contributed by atoms with Gasteiger partial charge in [0.25, 0.3) is 0 Å². The summed E-state index contributed by atoms with van der Waals surface area (Å²) in [5, 5.41) is 5.50. The van der Waals surface area contributed by atoms with E-state index in [0.29, 0.717) is 0 Å². The Morgan fingerprint density at radius 3 is 2.95 bits per heavy atom. The van der Waals surface area contributed by atoms with Crippen molar-refractivity contribution in [1.82, 2.24) is 24.7 Å². The maximum Gasteiger partial charge on any atom is 0.141 e. The van der Waals surface area contributed by atoms with E-state index in [9.17, 15) is 0 Å². The summed E-state index contributed by atoms with van der Waals surface area (Å²) in [7, 11) is 0. The van der Waals surface area contributed by atoms with Crippen molar-refractivity contribution in [2.24, 2.45) is 0 Å². The van der Waals surface area contributed by atoms with Gasteiger partial charge < -0.3 is 4.98 Å². The SMILES string of the molecule is CCC(C)(C)n1cc(-c2ncnc3[nH]ccc23)cn1. The number of hydrogen-bond donors (Lipinski definition) is 1. The van der Waals surface area contributed by atoms with Crippen LogP contribution < -0.4 is 0 Å². The predicted octanol–water partition coefficient (Wildman–Crippen LogP) is 2.97. The molecule has 0 unspecified atom stereocenters. The Labute approximate surface area is 111 Å².